The number of aliphatic hydroxyl groups excluding tert-OH is 1. The van der Waals surface area contributed by atoms with Crippen molar-refractivity contribution in [1.82, 2.24) is 19.6 Å². The van der Waals surface area contributed by atoms with Gasteiger partial charge in [-0.25, -0.2) is 9.97 Å². The fourth-order valence-electron chi connectivity index (χ4n) is 3.16. The highest BCUT2D eigenvalue weighted by atomic mass is 32.1. The van der Waals surface area contributed by atoms with Crippen molar-refractivity contribution >= 4 is 33.1 Å². The molecule has 3 heterocycles. The van der Waals surface area contributed by atoms with E-state index in [4.69, 9.17) is 15.1 Å². The van der Waals surface area contributed by atoms with Gasteiger partial charge in [0.2, 0.25) is 5.95 Å². The van der Waals surface area contributed by atoms with Crippen molar-refractivity contribution in [3.63, 3.8) is 0 Å². The molecule has 0 bridgehead atoms. The maximum atomic E-state index is 9.59. The summed E-state index contributed by atoms with van der Waals surface area (Å²) in [6.45, 7) is 6.29. The third-order valence-electron chi connectivity index (χ3n) is 4.90. The Morgan fingerprint density at radius 2 is 1.96 bits per heavy atom. The molecule has 140 valence electrons. The fraction of sp³-hybridized carbons (Fsp3) is 0.350. The SMILES string of the molecule is CC[C@H](CO)Nc1nc2sc(C)c(C)c2c2nc(Cc3ccccc3)nn12. The molecule has 0 saturated heterocycles. The summed E-state index contributed by atoms with van der Waals surface area (Å²) in [4.78, 5) is 11.8. The number of hydrogen-bond donors (Lipinski definition) is 2. The van der Waals surface area contributed by atoms with Crippen molar-refractivity contribution in [1.29, 1.82) is 0 Å². The number of aromatic nitrogens is 4. The van der Waals surface area contributed by atoms with Crippen molar-refractivity contribution in [2.24, 2.45) is 0 Å². The first-order chi connectivity index (χ1) is 13.1. The van der Waals surface area contributed by atoms with Gasteiger partial charge in [-0.15, -0.1) is 16.4 Å². The molecule has 27 heavy (non-hydrogen) atoms. The van der Waals surface area contributed by atoms with E-state index in [0.29, 0.717) is 12.4 Å². The number of fused-ring (bicyclic) bond motifs is 3. The van der Waals surface area contributed by atoms with Gasteiger partial charge in [0.15, 0.2) is 11.5 Å². The molecule has 0 amide bonds. The maximum absolute atomic E-state index is 9.59. The van der Waals surface area contributed by atoms with Gasteiger partial charge >= 0.3 is 0 Å². The first-order valence-electron chi connectivity index (χ1n) is 9.17. The van der Waals surface area contributed by atoms with Crippen LogP contribution in [0.3, 0.4) is 0 Å². The van der Waals surface area contributed by atoms with Crippen LogP contribution in [0, 0.1) is 13.8 Å². The molecular formula is C20H23N5OS. The molecule has 0 aliphatic heterocycles. The molecule has 1 aromatic carbocycles. The number of nitrogens with one attached hydrogen (secondary N) is 1. The highest BCUT2D eigenvalue weighted by Crippen LogP contribution is 2.33. The molecule has 3 aromatic heterocycles. The van der Waals surface area contributed by atoms with Crippen molar-refractivity contribution in [3.05, 3.63) is 52.2 Å². The monoisotopic (exact) mass is 381 g/mol. The van der Waals surface area contributed by atoms with Crippen molar-refractivity contribution in [2.75, 3.05) is 11.9 Å². The fourth-order valence-corrected chi connectivity index (χ4v) is 4.19. The molecule has 4 aromatic rings. The van der Waals surface area contributed by atoms with Crippen LogP contribution in [0.4, 0.5) is 5.95 Å². The van der Waals surface area contributed by atoms with Gasteiger partial charge in [0.05, 0.1) is 18.0 Å². The summed E-state index contributed by atoms with van der Waals surface area (Å²) in [5.41, 5.74) is 3.20. The second-order valence-electron chi connectivity index (χ2n) is 6.76. The predicted molar refractivity (Wildman–Crippen MR) is 110 cm³/mol. The van der Waals surface area contributed by atoms with Gasteiger partial charge in [-0.05, 0) is 31.4 Å². The van der Waals surface area contributed by atoms with Gasteiger partial charge < -0.3 is 10.4 Å². The molecule has 1 atom stereocenters. The van der Waals surface area contributed by atoms with Crippen LogP contribution in [0.2, 0.25) is 0 Å². The quantitative estimate of drug-likeness (QED) is 0.532. The molecule has 0 spiro atoms. The smallest absolute Gasteiger partial charge is 0.227 e. The van der Waals surface area contributed by atoms with Gasteiger partial charge in [-0.3, -0.25) is 0 Å². The van der Waals surface area contributed by atoms with E-state index in [1.54, 1.807) is 15.9 Å². The van der Waals surface area contributed by atoms with Crippen LogP contribution in [-0.2, 0) is 6.42 Å². The first-order valence-corrected chi connectivity index (χ1v) is 9.99. The molecular weight excluding hydrogens is 358 g/mol. The molecule has 0 aliphatic rings. The first kappa shape index (κ1) is 17.9. The zero-order valence-electron chi connectivity index (χ0n) is 15.7. The second-order valence-corrected chi connectivity index (χ2v) is 7.96. The molecule has 0 radical (unpaired) electrons. The van der Waals surface area contributed by atoms with Gasteiger partial charge in [0, 0.05) is 11.3 Å². The van der Waals surface area contributed by atoms with Crippen LogP contribution in [0.5, 0.6) is 0 Å². The highest BCUT2D eigenvalue weighted by molar-refractivity contribution is 7.18. The lowest BCUT2D eigenvalue weighted by molar-refractivity contribution is 0.271. The van der Waals surface area contributed by atoms with E-state index in [1.807, 2.05) is 25.1 Å². The third-order valence-corrected chi connectivity index (χ3v) is 6.00. The molecule has 0 saturated carbocycles. The predicted octanol–water partition coefficient (Wildman–Crippen LogP) is 3.73. The van der Waals surface area contributed by atoms with E-state index >= 15 is 0 Å². The van der Waals surface area contributed by atoms with Crippen LogP contribution in [0.25, 0.3) is 15.9 Å². The molecule has 6 nitrogen and oxygen atoms in total. The number of nitrogens with zero attached hydrogens (tertiary/aromatic N) is 4. The van der Waals surface area contributed by atoms with E-state index in [9.17, 15) is 5.11 Å². The number of rotatable bonds is 6. The van der Waals surface area contributed by atoms with E-state index in [1.165, 1.54) is 16.0 Å². The molecule has 0 unspecified atom stereocenters. The number of thiophene rings is 1. The number of aliphatic hydroxyl groups is 1. The Morgan fingerprint density at radius 3 is 2.67 bits per heavy atom. The Bertz CT molecular complexity index is 1080. The normalized spacial score (nSPS) is 12.7. The summed E-state index contributed by atoms with van der Waals surface area (Å²) < 4.78 is 1.79. The van der Waals surface area contributed by atoms with E-state index in [0.717, 1.165) is 28.1 Å². The second kappa shape index (κ2) is 7.25. The summed E-state index contributed by atoms with van der Waals surface area (Å²) in [7, 11) is 0. The minimum absolute atomic E-state index is 0.0474. The number of aryl methyl sites for hydroxylation is 2. The minimum Gasteiger partial charge on any atom is -0.394 e. The molecule has 7 heteroatoms. The number of anilines is 1. The van der Waals surface area contributed by atoms with Crippen LogP contribution in [-0.4, -0.2) is 37.3 Å². The standard InChI is InChI=1S/C20H23N5OS/c1-4-15(11-26)21-20-23-19-17(12(2)13(3)27-19)18-22-16(24-25(18)20)10-14-8-6-5-7-9-14/h5-9,15,26H,4,10-11H2,1-3H3,(H,21,23)/t15-/m1/s1. The van der Waals surface area contributed by atoms with E-state index < -0.39 is 0 Å². The largest absolute Gasteiger partial charge is 0.394 e. The van der Waals surface area contributed by atoms with Crippen molar-refractivity contribution in [3.8, 4) is 0 Å². The summed E-state index contributed by atoms with van der Waals surface area (Å²) in [5.74, 6) is 1.39. The Kier molecular flexibility index (Phi) is 4.80. The van der Waals surface area contributed by atoms with Gasteiger partial charge in [0.1, 0.15) is 4.83 Å². The zero-order chi connectivity index (χ0) is 19.0. The lowest BCUT2D eigenvalue weighted by Crippen LogP contribution is -2.25. The van der Waals surface area contributed by atoms with Gasteiger partial charge in [-0.2, -0.15) is 4.52 Å². The maximum Gasteiger partial charge on any atom is 0.227 e. The molecule has 0 fully saturated rings. The molecule has 4 rings (SSSR count). The Labute approximate surface area is 161 Å². The van der Waals surface area contributed by atoms with Crippen LogP contribution in [0.1, 0.15) is 35.2 Å². The Hall–Kier alpha value is -2.51. The Balaban J connectivity index is 1.88. The topological polar surface area (TPSA) is 75.3 Å². The molecule has 0 aliphatic carbocycles. The van der Waals surface area contributed by atoms with Crippen molar-refractivity contribution < 1.29 is 5.11 Å². The van der Waals surface area contributed by atoms with Gasteiger partial charge in [0.25, 0.3) is 0 Å². The lowest BCUT2D eigenvalue weighted by atomic mass is 10.1. The van der Waals surface area contributed by atoms with Crippen LogP contribution >= 0.6 is 11.3 Å². The summed E-state index contributed by atoms with van der Waals surface area (Å²) in [6, 6.07) is 10.2. The average molecular weight is 382 g/mol. The van der Waals surface area contributed by atoms with Gasteiger partial charge in [-0.1, -0.05) is 37.3 Å². The third kappa shape index (κ3) is 3.28. The number of hydrogen-bond acceptors (Lipinski definition) is 6. The Morgan fingerprint density at radius 1 is 1.19 bits per heavy atom. The highest BCUT2D eigenvalue weighted by Gasteiger charge is 2.19. The number of benzene rings is 1. The summed E-state index contributed by atoms with van der Waals surface area (Å²) in [6.07, 6.45) is 1.47. The lowest BCUT2D eigenvalue weighted by Gasteiger charge is -2.15. The van der Waals surface area contributed by atoms with E-state index in [-0.39, 0.29) is 12.6 Å². The summed E-state index contributed by atoms with van der Waals surface area (Å²) >= 11 is 1.67. The van der Waals surface area contributed by atoms with Crippen molar-refractivity contribution in [2.45, 2.75) is 39.7 Å². The average Bonchev–Trinajstić information content (AvgIpc) is 3.21. The minimum atomic E-state index is -0.0675. The van der Waals surface area contributed by atoms with Crippen LogP contribution < -0.4 is 5.32 Å². The zero-order valence-corrected chi connectivity index (χ0v) is 16.5. The summed E-state index contributed by atoms with van der Waals surface area (Å²) in [5, 5.41) is 18.7. The van der Waals surface area contributed by atoms with E-state index in [2.05, 4.69) is 31.3 Å². The van der Waals surface area contributed by atoms with Crippen LogP contribution in [0.15, 0.2) is 30.3 Å². The molecule has 2 N–H and O–H groups in total.